The zero-order valence-electron chi connectivity index (χ0n) is 14.8. The van der Waals surface area contributed by atoms with Gasteiger partial charge in [-0.25, -0.2) is 4.79 Å². The molecule has 0 bridgehead atoms. The van der Waals surface area contributed by atoms with E-state index in [1.54, 1.807) is 6.92 Å². The molecule has 0 atom stereocenters. The highest BCUT2D eigenvalue weighted by molar-refractivity contribution is 5.96. The quantitative estimate of drug-likeness (QED) is 0.426. The van der Waals surface area contributed by atoms with Gasteiger partial charge in [0.05, 0.1) is 24.7 Å². The van der Waals surface area contributed by atoms with E-state index in [0.717, 1.165) is 31.7 Å². The Morgan fingerprint density at radius 2 is 1.96 bits per heavy atom. The predicted molar refractivity (Wildman–Crippen MR) is 91.5 cm³/mol. The van der Waals surface area contributed by atoms with Crippen LogP contribution >= 0.6 is 0 Å². The number of hydrogen-bond donors (Lipinski definition) is 1. The first-order chi connectivity index (χ1) is 12.5. The molecule has 0 saturated heterocycles. The summed E-state index contributed by atoms with van der Waals surface area (Å²) in [5.41, 5.74) is -0.778. The molecule has 1 amide bonds. The third-order valence-corrected chi connectivity index (χ3v) is 4.05. The SMILES string of the molecule is CCOc1cc(C(=O)OCC(=O)NC2CCCC2)c([N+](=O)[O-])cc1OC. The van der Waals surface area contributed by atoms with Gasteiger partial charge >= 0.3 is 5.97 Å². The maximum Gasteiger partial charge on any atom is 0.345 e. The molecule has 1 aliphatic rings. The highest BCUT2D eigenvalue weighted by Gasteiger charge is 2.26. The number of carbonyl (C=O) groups excluding carboxylic acids is 2. The van der Waals surface area contributed by atoms with Gasteiger partial charge in [0.2, 0.25) is 0 Å². The molecule has 0 aliphatic heterocycles. The second kappa shape index (κ2) is 9.02. The van der Waals surface area contributed by atoms with Crippen LogP contribution in [-0.4, -0.2) is 43.2 Å². The molecule has 0 radical (unpaired) electrons. The third kappa shape index (κ3) is 4.84. The minimum Gasteiger partial charge on any atom is -0.493 e. The zero-order chi connectivity index (χ0) is 19.1. The number of carbonyl (C=O) groups is 2. The van der Waals surface area contributed by atoms with Gasteiger partial charge in [0.1, 0.15) is 5.56 Å². The van der Waals surface area contributed by atoms with E-state index in [9.17, 15) is 19.7 Å². The molecule has 0 aromatic heterocycles. The van der Waals surface area contributed by atoms with E-state index in [2.05, 4.69) is 5.32 Å². The van der Waals surface area contributed by atoms with Crippen molar-refractivity contribution in [2.75, 3.05) is 20.3 Å². The summed E-state index contributed by atoms with van der Waals surface area (Å²) >= 11 is 0. The number of methoxy groups -OCH3 is 1. The Kier molecular flexibility index (Phi) is 6.76. The summed E-state index contributed by atoms with van der Waals surface area (Å²) in [4.78, 5) is 34.7. The lowest BCUT2D eigenvalue weighted by molar-refractivity contribution is -0.385. The number of rotatable bonds is 8. The van der Waals surface area contributed by atoms with Gasteiger partial charge in [-0.1, -0.05) is 12.8 Å². The van der Waals surface area contributed by atoms with Gasteiger partial charge in [-0.3, -0.25) is 14.9 Å². The fourth-order valence-electron chi connectivity index (χ4n) is 2.84. The van der Waals surface area contributed by atoms with E-state index in [4.69, 9.17) is 14.2 Å². The molecular formula is C17H22N2O7. The third-order valence-electron chi connectivity index (χ3n) is 4.05. The summed E-state index contributed by atoms with van der Waals surface area (Å²) in [5.74, 6) is -1.08. The van der Waals surface area contributed by atoms with E-state index in [-0.39, 0.29) is 29.7 Å². The summed E-state index contributed by atoms with van der Waals surface area (Å²) in [6.07, 6.45) is 3.93. The van der Waals surface area contributed by atoms with E-state index < -0.39 is 29.1 Å². The number of ether oxygens (including phenoxy) is 3. The van der Waals surface area contributed by atoms with Gasteiger partial charge in [0, 0.05) is 12.1 Å². The van der Waals surface area contributed by atoms with Crippen molar-refractivity contribution in [3.63, 3.8) is 0 Å². The molecule has 1 aromatic carbocycles. The first-order valence-electron chi connectivity index (χ1n) is 8.42. The highest BCUT2D eigenvalue weighted by atomic mass is 16.6. The fraction of sp³-hybridized carbons (Fsp3) is 0.529. The Hall–Kier alpha value is -2.84. The minimum absolute atomic E-state index is 0.0982. The number of amides is 1. The van der Waals surface area contributed by atoms with Crippen LogP contribution in [0.4, 0.5) is 5.69 Å². The van der Waals surface area contributed by atoms with Crippen molar-refractivity contribution in [3.8, 4) is 11.5 Å². The first kappa shape index (κ1) is 19.5. The Bertz CT molecular complexity index is 684. The monoisotopic (exact) mass is 366 g/mol. The second-order valence-electron chi connectivity index (χ2n) is 5.84. The normalized spacial score (nSPS) is 13.9. The standard InChI is InChI=1S/C17H22N2O7/c1-3-25-15-8-12(13(19(22)23)9-14(15)24-2)17(21)26-10-16(20)18-11-6-4-5-7-11/h8-9,11H,3-7,10H2,1-2H3,(H,18,20). The molecule has 9 heteroatoms. The molecular weight excluding hydrogens is 344 g/mol. The molecule has 1 N–H and O–H groups in total. The molecule has 0 heterocycles. The van der Waals surface area contributed by atoms with Gasteiger partial charge in [-0.15, -0.1) is 0 Å². The first-order valence-corrected chi connectivity index (χ1v) is 8.42. The van der Waals surface area contributed by atoms with Crippen molar-refractivity contribution in [1.82, 2.24) is 5.32 Å². The van der Waals surface area contributed by atoms with Crippen LogP contribution in [0, 0.1) is 10.1 Å². The number of benzene rings is 1. The maximum atomic E-state index is 12.3. The lowest BCUT2D eigenvalue weighted by Gasteiger charge is -2.13. The molecule has 9 nitrogen and oxygen atoms in total. The van der Waals surface area contributed by atoms with Crippen molar-refractivity contribution in [2.45, 2.75) is 38.6 Å². The van der Waals surface area contributed by atoms with Crippen molar-refractivity contribution in [1.29, 1.82) is 0 Å². The number of nitro groups is 1. The molecule has 0 spiro atoms. The van der Waals surface area contributed by atoms with Crippen LogP contribution in [0.1, 0.15) is 43.0 Å². The van der Waals surface area contributed by atoms with E-state index in [1.807, 2.05) is 0 Å². The topological polar surface area (TPSA) is 117 Å². The fourth-order valence-corrected chi connectivity index (χ4v) is 2.84. The summed E-state index contributed by atoms with van der Waals surface area (Å²) in [7, 11) is 1.34. The van der Waals surface area contributed by atoms with Crippen molar-refractivity contribution < 1.29 is 28.7 Å². The number of nitrogens with one attached hydrogen (secondary N) is 1. The minimum atomic E-state index is -0.970. The lowest BCUT2D eigenvalue weighted by atomic mass is 10.1. The van der Waals surface area contributed by atoms with Crippen molar-refractivity contribution >= 4 is 17.6 Å². The van der Waals surface area contributed by atoms with Crippen molar-refractivity contribution in [2.24, 2.45) is 0 Å². The van der Waals surface area contributed by atoms with Crippen LogP contribution in [-0.2, 0) is 9.53 Å². The smallest absolute Gasteiger partial charge is 0.345 e. The molecule has 1 aromatic rings. The number of esters is 1. The van der Waals surface area contributed by atoms with Gasteiger partial charge < -0.3 is 19.5 Å². The van der Waals surface area contributed by atoms with Gasteiger partial charge in [-0.2, -0.15) is 0 Å². The Balaban J connectivity index is 2.11. The van der Waals surface area contributed by atoms with E-state index >= 15 is 0 Å². The summed E-state index contributed by atoms with van der Waals surface area (Å²) in [6, 6.07) is 2.39. The second-order valence-corrected chi connectivity index (χ2v) is 5.84. The molecule has 0 unspecified atom stereocenters. The molecule has 1 aliphatic carbocycles. The maximum absolute atomic E-state index is 12.3. The van der Waals surface area contributed by atoms with Gasteiger partial charge in [0.25, 0.3) is 11.6 Å². The number of nitro benzene ring substituents is 1. The molecule has 1 saturated carbocycles. The van der Waals surface area contributed by atoms with Crippen LogP contribution < -0.4 is 14.8 Å². The van der Waals surface area contributed by atoms with Crippen LogP contribution in [0.2, 0.25) is 0 Å². The van der Waals surface area contributed by atoms with Crippen LogP contribution in [0.5, 0.6) is 11.5 Å². The van der Waals surface area contributed by atoms with Gasteiger partial charge in [0.15, 0.2) is 18.1 Å². The largest absolute Gasteiger partial charge is 0.493 e. The average Bonchev–Trinajstić information content (AvgIpc) is 3.12. The Morgan fingerprint density at radius 1 is 1.27 bits per heavy atom. The predicted octanol–water partition coefficient (Wildman–Crippen LogP) is 2.22. The lowest BCUT2D eigenvalue weighted by Crippen LogP contribution is -2.35. The summed E-state index contributed by atoms with van der Waals surface area (Å²) < 4.78 is 15.3. The average molecular weight is 366 g/mol. The zero-order valence-corrected chi connectivity index (χ0v) is 14.8. The molecule has 2 rings (SSSR count). The Labute approximate surface area is 150 Å². The van der Waals surface area contributed by atoms with Crippen molar-refractivity contribution in [3.05, 3.63) is 27.8 Å². The van der Waals surface area contributed by atoms with Crippen LogP contribution in [0.25, 0.3) is 0 Å². The highest BCUT2D eigenvalue weighted by Crippen LogP contribution is 2.35. The van der Waals surface area contributed by atoms with Crippen LogP contribution in [0.15, 0.2) is 12.1 Å². The number of nitrogens with zero attached hydrogens (tertiary/aromatic N) is 1. The van der Waals surface area contributed by atoms with E-state index in [0.29, 0.717) is 0 Å². The molecule has 1 fully saturated rings. The summed E-state index contributed by atoms with van der Waals surface area (Å²) in [6.45, 7) is 1.52. The molecule has 142 valence electrons. The van der Waals surface area contributed by atoms with E-state index in [1.165, 1.54) is 13.2 Å². The van der Waals surface area contributed by atoms with Crippen LogP contribution in [0.3, 0.4) is 0 Å². The van der Waals surface area contributed by atoms with Gasteiger partial charge in [-0.05, 0) is 19.8 Å². The Morgan fingerprint density at radius 3 is 2.54 bits per heavy atom. The molecule has 26 heavy (non-hydrogen) atoms. The number of hydrogen-bond acceptors (Lipinski definition) is 7. The summed E-state index contributed by atoms with van der Waals surface area (Å²) in [5, 5.41) is 14.0.